The molecule has 0 aliphatic carbocycles. The van der Waals surface area contributed by atoms with Gasteiger partial charge in [-0.15, -0.1) is 0 Å². The van der Waals surface area contributed by atoms with Gasteiger partial charge in [0.25, 0.3) is 5.91 Å². The molecule has 0 spiro atoms. The zero-order valence-corrected chi connectivity index (χ0v) is 11.1. The third kappa shape index (κ3) is 2.33. The largest absolute Gasteiger partial charge is 0.482 e. The number of benzene rings is 1. The average Bonchev–Trinajstić information content (AvgIpc) is 2.36. The van der Waals surface area contributed by atoms with Crippen molar-refractivity contribution >= 4 is 23.3 Å². The van der Waals surface area contributed by atoms with Gasteiger partial charge in [0.2, 0.25) is 0 Å². The highest BCUT2D eigenvalue weighted by atomic mass is 16.5. The number of rotatable bonds is 3. The van der Waals surface area contributed by atoms with E-state index in [-0.39, 0.29) is 12.5 Å². The molecule has 0 bridgehead atoms. The Kier molecular flexibility index (Phi) is 3.09. The van der Waals surface area contributed by atoms with Crippen LogP contribution in [-0.4, -0.2) is 36.2 Å². The van der Waals surface area contributed by atoms with Gasteiger partial charge in [0.15, 0.2) is 6.61 Å². The lowest BCUT2D eigenvalue weighted by atomic mass is 10.0. The number of aliphatic carboxylic acids is 1. The third-order valence-corrected chi connectivity index (χ3v) is 3.35. The smallest absolute Gasteiger partial charge is 0.328 e. The molecule has 2 rings (SSSR count). The molecule has 0 fully saturated rings. The molecule has 19 heavy (non-hydrogen) atoms. The summed E-state index contributed by atoms with van der Waals surface area (Å²) in [5, 5.41) is 11.9. The number of carbonyl (C=O) groups is 2. The summed E-state index contributed by atoms with van der Waals surface area (Å²) in [5.74, 6) is -0.553. The maximum absolute atomic E-state index is 11.3. The van der Waals surface area contributed by atoms with E-state index < -0.39 is 11.5 Å². The van der Waals surface area contributed by atoms with E-state index in [0.29, 0.717) is 17.1 Å². The zero-order chi connectivity index (χ0) is 14.2. The highest BCUT2D eigenvalue weighted by molar-refractivity contribution is 5.96. The van der Waals surface area contributed by atoms with E-state index in [2.05, 4.69) is 5.32 Å². The zero-order valence-electron chi connectivity index (χ0n) is 11.1. The Balaban J connectivity index is 2.34. The summed E-state index contributed by atoms with van der Waals surface area (Å²) in [6.07, 6.45) is 0. The maximum Gasteiger partial charge on any atom is 0.328 e. The molecule has 102 valence electrons. The Hall–Kier alpha value is -2.24. The number of nitrogens with zero attached hydrogens (tertiary/aromatic N) is 1. The summed E-state index contributed by atoms with van der Waals surface area (Å²) in [7, 11) is 1.70. The minimum Gasteiger partial charge on any atom is -0.482 e. The van der Waals surface area contributed by atoms with Crippen LogP contribution in [0.15, 0.2) is 18.2 Å². The van der Waals surface area contributed by atoms with E-state index in [1.54, 1.807) is 44.0 Å². The predicted molar refractivity (Wildman–Crippen MR) is 70.7 cm³/mol. The van der Waals surface area contributed by atoms with E-state index >= 15 is 0 Å². The monoisotopic (exact) mass is 264 g/mol. The van der Waals surface area contributed by atoms with Crippen LogP contribution in [0, 0.1) is 0 Å². The summed E-state index contributed by atoms with van der Waals surface area (Å²) in [6, 6.07) is 5.19. The fraction of sp³-hybridized carbons (Fsp3) is 0.385. The van der Waals surface area contributed by atoms with Crippen LogP contribution >= 0.6 is 0 Å². The Labute approximate surface area is 111 Å². The molecule has 1 aromatic rings. The first-order valence-electron chi connectivity index (χ1n) is 5.86. The number of carboxylic acid groups (broad SMARTS) is 1. The molecule has 6 nitrogen and oxygen atoms in total. The van der Waals surface area contributed by atoms with Crippen LogP contribution in [0.5, 0.6) is 5.75 Å². The van der Waals surface area contributed by atoms with Gasteiger partial charge in [0, 0.05) is 12.7 Å². The van der Waals surface area contributed by atoms with Crippen LogP contribution < -0.4 is 15.0 Å². The maximum atomic E-state index is 11.3. The Bertz CT molecular complexity index is 539. The third-order valence-electron chi connectivity index (χ3n) is 3.35. The van der Waals surface area contributed by atoms with Crippen molar-refractivity contribution in [1.29, 1.82) is 0 Å². The van der Waals surface area contributed by atoms with Crippen molar-refractivity contribution in [2.75, 3.05) is 23.9 Å². The van der Waals surface area contributed by atoms with Crippen LogP contribution in [-0.2, 0) is 9.59 Å². The van der Waals surface area contributed by atoms with E-state index in [0.717, 1.165) is 0 Å². The Morgan fingerprint density at radius 3 is 2.79 bits per heavy atom. The molecule has 1 aliphatic heterocycles. The van der Waals surface area contributed by atoms with E-state index in [4.69, 9.17) is 4.74 Å². The Morgan fingerprint density at radius 1 is 1.47 bits per heavy atom. The van der Waals surface area contributed by atoms with E-state index in [1.807, 2.05) is 0 Å². The summed E-state index contributed by atoms with van der Waals surface area (Å²) in [4.78, 5) is 24.1. The lowest BCUT2D eigenvalue weighted by molar-refractivity contribution is -0.142. The fourth-order valence-corrected chi connectivity index (χ4v) is 1.75. The van der Waals surface area contributed by atoms with Gasteiger partial charge in [-0.1, -0.05) is 0 Å². The molecule has 1 aromatic carbocycles. The second kappa shape index (κ2) is 4.46. The molecular weight excluding hydrogens is 248 g/mol. The van der Waals surface area contributed by atoms with Crippen LogP contribution in [0.25, 0.3) is 0 Å². The molecule has 2 N–H and O–H groups in total. The molecule has 1 heterocycles. The second-order valence-corrected chi connectivity index (χ2v) is 4.94. The van der Waals surface area contributed by atoms with E-state index in [1.165, 1.54) is 0 Å². The number of carbonyl (C=O) groups excluding carboxylic acids is 1. The van der Waals surface area contributed by atoms with Crippen molar-refractivity contribution in [3.8, 4) is 5.75 Å². The molecule has 0 atom stereocenters. The Morgan fingerprint density at radius 2 is 2.16 bits per heavy atom. The molecule has 0 saturated heterocycles. The van der Waals surface area contributed by atoms with Crippen LogP contribution in [0.4, 0.5) is 11.4 Å². The topological polar surface area (TPSA) is 78.9 Å². The SMILES string of the molecule is CN(c1ccc2c(c1)NC(=O)CO2)C(C)(C)C(=O)O. The molecule has 0 unspecified atom stereocenters. The van der Waals surface area contributed by atoms with Crippen LogP contribution in [0.1, 0.15) is 13.8 Å². The number of fused-ring (bicyclic) bond motifs is 1. The number of ether oxygens (including phenoxy) is 1. The highest BCUT2D eigenvalue weighted by Crippen LogP contribution is 2.33. The van der Waals surface area contributed by atoms with Crippen molar-refractivity contribution in [1.82, 2.24) is 0 Å². The number of anilines is 2. The molecule has 0 radical (unpaired) electrons. The lowest BCUT2D eigenvalue weighted by Gasteiger charge is -2.34. The minimum atomic E-state index is -1.05. The summed E-state index contributed by atoms with van der Waals surface area (Å²) in [5.41, 5.74) is 0.201. The summed E-state index contributed by atoms with van der Waals surface area (Å²) >= 11 is 0. The van der Waals surface area contributed by atoms with Gasteiger partial charge in [-0.25, -0.2) is 4.79 Å². The molecular formula is C13H16N2O4. The standard InChI is InChI=1S/C13H16N2O4/c1-13(2,12(17)18)15(3)8-4-5-10-9(6-8)14-11(16)7-19-10/h4-6H,7H2,1-3H3,(H,14,16)(H,17,18). The van der Waals surface area contributed by atoms with Gasteiger partial charge in [-0.2, -0.15) is 0 Å². The number of carboxylic acids is 1. The van der Waals surface area contributed by atoms with E-state index in [9.17, 15) is 14.7 Å². The fourth-order valence-electron chi connectivity index (χ4n) is 1.75. The first-order valence-corrected chi connectivity index (χ1v) is 5.86. The first-order chi connectivity index (χ1) is 8.82. The van der Waals surface area contributed by atoms with Gasteiger partial charge in [-0.3, -0.25) is 4.79 Å². The van der Waals surface area contributed by atoms with Crippen molar-refractivity contribution < 1.29 is 19.4 Å². The highest BCUT2D eigenvalue weighted by Gasteiger charge is 2.32. The second-order valence-electron chi connectivity index (χ2n) is 4.94. The van der Waals surface area contributed by atoms with Gasteiger partial charge in [0.05, 0.1) is 5.69 Å². The van der Waals surface area contributed by atoms with Crippen molar-refractivity contribution in [3.05, 3.63) is 18.2 Å². The minimum absolute atomic E-state index is 0.00278. The van der Waals surface area contributed by atoms with Crippen LogP contribution in [0.2, 0.25) is 0 Å². The predicted octanol–water partition coefficient (Wildman–Crippen LogP) is 1.32. The molecule has 0 aromatic heterocycles. The lowest BCUT2D eigenvalue weighted by Crippen LogP contribution is -2.48. The quantitative estimate of drug-likeness (QED) is 0.860. The van der Waals surface area contributed by atoms with Crippen molar-refractivity contribution in [2.24, 2.45) is 0 Å². The van der Waals surface area contributed by atoms with Gasteiger partial charge in [-0.05, 0) is 32.0 Å². The molecule has 6 heteroatoms. The first kappa shape index (κ1) is 13.2. The van der Waals surface area contributed by atoms with Crippen molar-refractivity contribution in [2.45, 2.75) is 19.4 Å². The van der Waals surface area contributed by atoms with Crippen LogP contribution in [0.3, 0.4) is 0 Å². The van der Waals surface area contributed by atoms with Gasteiger partial charge in [0.1, 0.15) is 11.3 Å². The number of likely N-dealkylation sites (N-methyl/N-ethyl adjacent to an activating group) is 1. The molecule has 0 saturated carbocycles. The number of hydrogen-bond donors (Lipinski definition) is 2. The number of nitrogens with one attached hydrogen (secondary N) is 1. The number of amides is 1. The van der Waals surface area contributed by atoms with Gasteiger partial charge < -0.3 is 20.1 Å². The summed E-state index contributed by atoms with van der Waals surface area (Å²) in [6.45, 7) is 3.23. The molecule has 1 amide bonds. The van der Waals surface area contributed by atoms with Crippen molar-refractivity contribution in [3.63, 3.8) is 0 Å². The average molecular weight is 264 g/mol. The van der Waals surface area contributed by atoms with Gasteiger partial charge >= 0.3 is 5.97 Å². The summed E-state index contributed by atoms with van der Waals surface area (Å²) < 4.78 is 5.26. The normalized spacial score (nSPS) is 14.2. The number of hydrogen-bond acceptors (Lipinski definition) is 4. The molecule has 1 aliphatic rings.